The van der Waals surface area contributed by atoms with Crippen molar-refractivity contribution in [3.05, 3.63) is 35.5 Å². The van der Waals surface area contributed by atoms with Gasteiger partial charge < -0.3 is 15.8 Å². The molecular formula is C13H13F3N4O. The first-order valence-corrected chi connectivity index (χ1v) is 5.92. The highest BCUT2D eigenvalue weighted by molar-refractivity contribution is 5.59. The fraction of sp³-hybridized carbons (Fsp3) is 0.231. The van der Waals surface area contributed by atoms with E-state index in [2.05, 4.69) is 15.3 Å². The molecule has 5 nitrogen and oxygen atoms in total. The van der Waals surface area contributed by atoms with Crippen LogP contribution in [0.25, 0.3) is 0 Å². The second kappa shape index (κ2) is 5.47. The van der Waals surface area contributed by atoms with Crippen LogP contribution in [0.15, 0.2) is 24.4 Å². The molecule has 1 aromatic carbocycles. The summed E-state index contributed by atoms with van der Waals surface area (Å²) in [7, 11) is 1.29. The molecule has 0 fully saturated rings. The molecule has 0 aliphatic rings. The van der Waals surface area contributed by atoms with E-state index in [1.54, 1.807) is 6.92 Å². The predicted octanol–water partition coefficient (Wildman–Crippen LogP) is 3.14. The summed E-state index contributed by atoms with van der Waals surface area (Å²) in [6, 6.07) is 3.27. The highest BCUT2D eigenvalue weighted by Crippen LogP contribution is 2.34. The first-order valence-electron chi connectivity index (χ1n) is 5.92. The smallest absolute Gasteiger partial charge is 0.416 e. The van der Waals surface area contributed by atoms with Crippen LogP contribution in [0.1, 0.15) is 11.1 Å². The van der Waals surface area contributed by atoms with Gasteiger partial charge in [-0.1, -0.05) is 0 Å². The monoisotopic (exact) mass is 298 g/mol. The lowest BCUT2D eigenvalue weighted by Crippen LogP contribution is -2.07. The molecule has 1 heterocycles. The Hall–Kier alpha value is -2.51. The van der Waals surface area contributed by atoms with E-state index in [1.807, 2.05) is 0 Å². The van der Waals surface area contributed by atoms with Gasteiger partial charge in [-0.2, -0.15) is 18.2 Å². The molecule has 0 unspecified atom stereocenters. The third kappa shape index (κ3) is 3.53. The van der Waals surface area contributed by atoms with E-state index >= 15 is 0 Å². The number of hydrogen-bond acceptors (Lipinski definition) is 5. The Balaban J connectivity index is 2.36. The molecule has 0 atom stereocenters. The maximum absolute atomic E-state index is 12.8. The quantitative estimate of drug-likeness (QED) is 0.910. The number of methoxy groups -OCH3 is 1. The van der Waals surface area contributed by atoms with Crippen molar-refractivity contribution in [3.63, 3.8) is 0 Å². The van der Waals surface area contributed by atoms with Gasteiger partial charge in [0.1, 0.15) is 11.6 Å². The topological polar surface area (TPSA) is 73.1 Å². The summed E-state index contributed by atoms with van der Waals surface area (Å²) < 4.78 is 43.3. The Morgan fingerprint density at radius 2 is 1.95 bits per heavy atom. The number of halogens is 3. The Kier molecular flexibility index (Phi) is 3.88. The van der Waals surface area contributed by atoms with Crippen molar-refractivity contribution in [2.75, 3.05) is 18.2 Å². The first kappa shape index (κ1) is 14.9. The van der Waals surface area contributed by atoms with E-state index in [4.69, 9.17) is 10.5 Å². The molecule has 0 aliphatic carbocycles. The summed E-state index contributed by atoms with van der Waals surface area (Å²) in [5, 5.41) is 2.68. The standard InChI is InChI=1S/C13H13F3N4O/c1-7-6-18-12(20-11(7)17)19-9-3-8(13(14,15)16)4-10(5-9)21-2/h3-6H,1-2H3,(H3,17,18,19,20). The summed E-state index contributed by atoms with van der Waals surface area (Å²) in [5.74, 6) is 0.443. The van der Waals surface area contributed by atoms with E-state index in [1.165, 1.54) is 19.4 Å². The molecule has 0 saturated heterocycles. The van der Waals surface area contributed by atoms with Gasteiger partial charge in [0.25, 0.3) is 0 Å². The van der Waals surface area contributed by atoms with E-state index in [9.17, 15) is 13.2 Å². The molecule has 2 rings (SSSR count). The van der Waals surface area contributed by atoms with Crippen molar-refractivity contribution in [1.82, 2.24) is 9.97 Å². The Bertz CT molecular complexity index is 658. The number of anilines is 3. The number of aryl methyl sites for hydroxylation is 1. The van der Waals surface area contributed by atoms with Crippen molar-refractivity contribution >= 4 is 17.5 Å². The fourth-order valence-corrected chi connectivity index (χ4v) is 1.60. The van der Waals surface area contributed by atoms with Crippen LogP contribution in [-0.4, -0.2) is 17.1 Å². The molecule has 0 spiro atoms. The van der Waals surface area contributed by atoms with Crippen molar-refractivity contribution in [2.45, 2.75) is 13.1 Å². The number of nitrogens with two attached hydrogens (primary N) is 1. The van der Waals surface area contributed by atoms with Crippen molar-refractivity contribution in [3.8, 4) is 5.75 Å². The van der Waals surface area contributed by atoms with Crippen LogP contribution in [0.5, 0.6) is 5.75 Å². The number of nitrogens with zero attached hydrogens (tertiary/aromatic N) is 2. The highest BCUT2D eigenvalue weighted by atomic mass is 19.4. The van der Waals surface area contributed by atoms with Crippen LogP contribution in [0.2, 0.25) is 0 Å². The SMILES string of the molecule is COc1cc(Nc2ncc(C)c(N)n2)cc(C(F)(F)F)c1. The van der Waals surface area contributed by atoms with Crippen LogP contribution in [0, 0.1) is 6.92 Å². The number of nitrogen functional groups attached to an aromatic ring is 1. The summed E-state index contributed by atoms with van der Waals surface area (Å²) in [5.41, 5.74) is 5.64. The van der Waals surface area contributed by atoms with Gasteiger partial charge in [-0.25, -0.2) is 4.98 Å². The Morgan fingerprint density at radius 3 is 2.52 bits per heavy atom. The zero-order valence-corrected chi connectivity index (χ0v) is 11.3. The van der Waals surface area contributed by atoms with Gasteiger partial charge in [0.05, 0.1) is 12.7 Å². The van der Waals surface area contributed by atoms with Gasteiger partial charge in [-0.15, -0.1) is 0 Å². The largest absolute Gasteiger partial charge is 0.497 e. The number of hydrogen-bond donors (Lipinski definition) is 2. The normalized spacial score (nSPS) is 11.3. The predicted molar refractivity (Wildman–Crippen MR) is 72.5 cm³/mol. The Morgan fingerprint density at radius 1 is 1.24 bits per heavy atom. The average molecular weight is 298 g/mol. The van der Waals surface area contributed by atoms with Gasteiger partial charge in [0.2, 0.25) is 5.95 Å². The minimum absolute atomic E-state index is 0.0763. The van der Waals surface area contributed by atoms with Crippen LogP contribution in [-0.2, 0) is 6.18 Å². The first-order chi connectivity index (χ1) is 9.79. The Labute approximate surface area is 119 Å². The van der Waals surface area contributed by atoms with Crippen LogP contribution in [0.4, 0.5) is 30.6 Å². The molecule has 2 aromatic rings. The summed E-state index contributed by atoms with van der Waals surface area (Å²) in [6.45, 7) is 1.73. The minimum Gasteiger partial charge on any atom is -0.497 e. The second-order valence-corrected chi connectivity index (χ2v) is 4.33. The molecule has 0 aliphatic heterocycles. The minimum atomic E-state index is -4.47. The third-order valence-electron chi connectivity index (χ3n) is 2.74. The molecule has 112 valence electrons. The van der Waals surface area contributed by atoms with Gasteiger partial charge in [-0.3, -0.25) is 0 Å². The van der Waals surface area contributed by atoms with Crippen LogP contribution < -0.4 is 15.8 Å². The summed E-state index contributed by atoms with van der Waals surface area (Å²) >= 11 is 0. The number of benzene rings is 1. The number of alkyl halides is 3. The number of ether oxygens (including phenoxy) is 1. The maximum atomic E-state index is 12.8. The van der Waals surface area contributed by atoms with Gasteiger partial charge in [-0.05, 0) is 19.1 Å². The van der Waals surface area contributed by atoms with E-state index in [-0.39, 0.29) is 23.2 Å². The van der Waals surface area contributed by atoms with E-state index < -0.39 is 11.7 Å². The molecule has 0 amide bonds. The van der Waals surface area contributed by atoms with Crippen molar-refractivity contribution in [1.29, 1.82) is 0 Å². The lowest BCUT2D eigenvalue weighted by Gasteiger charge is -2.12. The van der Waals surface area contributed by atoms with Crippen LogP contribution in [0.3, 0.4) is 0 Å². The maximum Gasteiger partial charge on any atom is 0.416 e. The average Bonchev–Trinajstić information content (AvgIpc) is 2.41. The number of nitrogens with one attached hydrogen (secondary N) is 1. The third-order valence-corrected chi connectivity index (χ3v) is 2.74. The molecule has 1 aromatic heterocycles. The molecule has 3 N–H and O–H groups in total. The van der Waals surface area contributed by atoms with Gasteiger partial charge in [0, 0.05) is 23.5 Å². The van der Waals surface area contributed by atoms with E-state index in [0.29, 0.717) is 5.56 Å². The molecule has 8 heteroatoms. The summed E-state index contributed by atoms with van der Waals surface area (Å²) in [6.07, 6.45) is -2.99. The van der Waals surface area contributed by atoms with E-state index in [0.717, 1.165) is 12.1 Å². The molecule has 21 heavy (non-hydrogen) atoms. The zero-order chi connectivity index (χ0) is 15.6. The van der Waals surface area contributed by atoms with Gasteiger partial charge in [0.15, 0.2) is 0 Å². The second-order valence-electron chi connectivity index (χ2n) is 4.33. The zero-order valence-electron chi connectivity index (χ0n) is 11.3. The highest BCUT2D eigenvalue weighted by Gasteiger charge is 2.31. The van der Waals surface area contributed by atoms with Crippen molar-refractivity contribution < 1.29 is 17.9 Å². The number of aromatic nitrogens is 2. The molecule has 0 radical (unpaired) electrons. The van der Waals surface area contributed by atoms with Gasteiger partial charge >= 0.3 is 6.18 Å². The van der Waals surface area contributed by atoms with Crippen LogP contribution >= 0.6 is 0 Å². The number of rotatable bonds is 3. The molecular weight excluding hydrogens is 285 g/mol. The lowest BCUT2D eigenvalue weighted by molar-refractivity contribution is -0.137. The van der Waals surface area contributed by atoms with Crippen molar-refractivity contribution in [2.24, 2.45) is 0 Å². The molecule has 0 bridgehead atoms. The summed E-state index contributed by atoms with van der Waals surface area (Å²) in [4.78, 5) is 7.91. The lowest BCUT2D eigenvalue weighted by atomic mass is 10.2. The molecule has 0 saturated carbocycles. The fourth-order valence-electron chi connectivity index (χ4n) is 1.60.